The monoisotopic (exact) mass is 409 g/mol. The average Bonchev–Trinajstić information content (AvgIpc) is 2.65. The Morgan fingerprint density at radius 2 is 2.15 bits per heavy atom. The maximum absolute atomic E-state index is 12.7. The molecule has 1 heterocycles. The highest BCUT2D eigenvalue weighted by Gasteiger charge is 2.44. The van der Waals surface area contributed by atoms with Crippen molar-refractivity contribution in [3.05, 3.63) is 28.8 Å². The second-order valence-electron chi connectivity index (χ2n) is 7.06. The van der Waals surface area contributed by atoms with Crippen LogP contribution in [0.5, 0.6) is 0 Å². The molecular formula is C19H24ClN3O3S. The van der Waals surface area contributed by atoms with Crippen LogP contribution in [-0.2, 0) is 14.3 Å². The maximum atomic E-state index is 12.7. The zero-order valence-electron chi connectivity index (χ0n) is 15.5. The molecule has 2 N–H and O–H groups in total. The normalized spacial score (nSPS) is 24.6. The average molecular weight is 410 g/mol. The van der Waals surface area contributed by atoms with Gasteiger partial charge in [-0.1, -0.05) is 30.5 Å². The number of fused-ring (bicyclic) bond motifs is 1. The molecule has 146 valence electrons. The first-order valence-corrected chi connectivity index (χ1v) is 9.92. The van der Waals surface area contributed by atoms with E-state index in [4.69, 9.17) is 28.6 Å². The lowest BCUT2D eigenvalue weighted by Crippen LogP contribution is -2.68. The Bertz CT molecular complexity index is 758. The molecule has 0 radical (unpaired) electrons. The number of nitrogens with zero attached hydrogens (tertiary/aromatic N) is 1. The number of methoxy groups -OCH3 is 1. The Morgan fingerprint density at radius 1 is 1.41 bits per heavy atom. The summed E-state index contributed by atoms with van der Waals surface area (Å²) in [6.45, 7) is 1.93. The lowest BCUT2D eigenvalue weighted by Gasteiger charge is -2.49. The zero-order valence-corrected chi connectivity index (χ0v) is 17.0. The van der Waals surface area contributed by atoms with E-state index in [1.54, 1.807) is 6.07 Å². The van der Waals surface area contributed by atoms with Crippen molar-refractivity contribution in [2.24, 2.45) is 0 Å². The number of thiocarbonyl (C=S) groups is 1. The Kier molecular flexibility index (Phi) is 6.22. The summed E-state index contributed by atoms with van der Waals surface area (Å²) in [6, 6.07) is 5.03. The molecule has 1 aromatic rings. The molecule has 1 saturated heterocycles. The third kappa shape index (κ3) is 4.35. The number of carbonyl (C=O) groups is 2. The molecule has 1 aliphatic heterocycles. The van der Waals surface area contributed by atoms with Gasteiger partial charge in [0.25, 0.3) is 0 Å². The molecule has 0 aromatic heterocycles. The van der Waals surface area contributed by atoms with Crippen molar-refractivity contribution in [2.45, 2.75) is 57.2 Å². The lowest BCUT2D eigenvalue weighted by molar-refractivity contribution is -0.146. The van der Waals surface area contributed by atoms with Crippen LogP contribution in [-0.4, -0.2) is 47.1 Å². The van der Waals surface area contributed by atoms with Crippen molar-refractivity contribution in [1.82, 2.24) is 10.2 Å². The minimum absolute atomic E-state index is 0.0397. The van der Waals surface area contributed by atoms with Gasteiger partial charge in [-0.15, -0.1) is 0 Å². The highest BCUT2D eigenvalue weighted by Crippen LogP contribution is 2.30. The fourth-order valence-corrected chi connectivity index (χ4v) is 4.39. The minimum Gasteiger partial charge on any atom is -0.469 e. The third-order valence-corrected chi connectivity index (χ3v) is 6.02. The molecule has 3 unspecified atom stereocenters. The smallest absolute Gasteiger partial charge is 0.308 e. The van der Waals surface area contributed by atoms with E-state index >= 15 is 0 Å². The van der Waals surface area contributed by atoms with Gasteiger partial charge < -0.3 is 20.3 Å². The van der Waals surface area contributed by atoms with Gasteiger partial charge in [-0.05, 0) is 49.7 Å². The van der Waals surface area contributed by atoms with E-state index in [9.17, 15) is 9.59 Å². The predicted octanol–water partition coefficient (Wildman–Crippen LogP) is 3.02. The van der Waals surface area contributed by atoms with E-state index in [-0.39, 0.29) is 24.4 Å². The van der Waals surface area contributed by atoms with Crippen LogP contribution in [0.4, 0.5) is 5.69 Å². The first kappa shape index (κ1) is 19.9. The molecular weight excluding hydrogens is 386 g/mol. The summed E-state index contributed by atoms with van der Waals surface area (Å²) in [5, 5.41) is 7.33. The molecule has 0 bridgehead atoms. The zero-order chi connectivity index (χ0) is 19.6. The largest absolute Gasteiger partial charge is 0.469 e. The minimum atomic E-state index is -0.683. The van der Waals surface area contributed by atoms with Gasteiger partial charge in [0.2, 0.25) is 5.91 Å². The third-order valence-electron chi connectivity index (χ3n) is 5.30. The highest BCUT2D eigenvalue weighted by molar-refractivity contribution is 7.80. The van der Waals surface area contributed by atoms with Crippen LogP contribution < -0.4 is 10.6 Å². The van der Waals surface area contributed by atoms with Crippen LogP contribution in [0.25, 0.3) is 0 Å². The molecule has 1 aromatic carbocycles. The summed E-state index contributed by atoms with van der Waals surface area (Å²) in [6.07, 6.45) is 3.93. The molecule has 27 heavy (non-hydrogen) atoms. The van der Waals surface area contributed by atoms with E-state index in [2.05, 4.69) is 10.6 Å². The topological polar surface area (TPSA) is 70.7 Å². The van der Waals surface area contributed by atoms with Gasteiger partial charge >= 0.3 is 5.97 Å². The Morgan fingerprint density at radius 3 is 2.85 bits per heavy atom. The number of rotatable bonds is 3. The van der Waals surface area contributed by atoms with Crippen LogP contribution >= 0.6 is 23.8 Å². The van der Waals surface area contributed by atoms with Crippen molar-refractivity contribution in [3.63, 3.8) is 0 Å². The summed E-state index contributed by atoms with van der Waals surface area (Å²) in [5.74, 6) is -0.620. The number of amides is 1. The number of halogens is 1. The van der Waals surface area contributed by atoms with Crippen molar-refractivity contribution in [1.29, 1.82) is 0 Å². The van der Waals surface area contributed by atoms with Crippen molar-refractivity contribution in [3.8, 4) is 0 Å². The fraction of sp³-hybridized carbons (Fsp3) is 0.526. The van der Waals surface area contributed by atoms with Crippen LogP contribution in [0, 0.1) is 6.92 Å². The molecule has 1 amide bonds. The molecule has 8 heteroatoms. The van der Waals surface area contributed by atoms with Crippen molar-refractivity contribution in [2.75, 3.05) is 12.4 Å². The van der Waals surface area contributed by atoms with Gasteiger partial charge in [-0.25, -0.2) is 0 Å². The molecule has 1 aliphatic carbocycles. The molecule has 3 rings (SSSR count). The SMILES string of the molecule is COC(=O)CC1C(=O)NC2CCCCC2N1C(=S)Nc1ccc(C)c(Cl)c1. The number of hydrogen-bond donors (Lipinski definition) is 2. The number of ether oxygens (including phenoxy) is 1. The summed E-state index contributed by atoms with van der Waals surface area (Å²) >= 11 is 11.9. The van der Waals surface area contributed by atoms with E-state index in [0.29, 0.717) is 10.1 Å². The van der Waals surface area contributed by atoms with Crippen LogP contribution in [0.1, 0.15) is 37.7 Å². The van der Waals surface area contributed by atoms with Gasteiger partial charge in [0, 0.05) is 16.8 Å². The summed E-state index contributed by atoms with van der Waals surface area (Å²) in [4.78, 5) is 26.5. The summed E-state index contributed by atoms with van der Waals surface area (Å²) in [5.41, 5.74) is 1.73. The standard InChI is InChI=1S/C19H24ClN3O3S/c1-11-7-8-12(9-13(11)20)21-19(27)23-15-6-4-3-5-14(15)22-18(25)16(23)10-17(24)26-2/h7-9,14-16H,3-6,10H2,1-2H3,(H,21,27)(H,22,25). The van der Waals surface area contributed by atoms with Crippen molar-refractivity contribution >= 4 is 46.5 Å². The molecule has 2 fully saturated rings. The number of benzene rings is 1. The van der Waals surface area contributed by atoms with E-state index < -0.39 is 12.0 Å². The van der Waals surface area contributed by atoms with Gasteiger partial charge in [-0.3, -0.25) is 9.59 Å². The highest BCUT2D eigenvalue weighted by atomic mass is 35.5. The first-order chi connectivity index (χ1) is 12.9. The Balaban J connectivity index is 1.86. The summed E-state index contributed by atoms with van der Waals surface area (Å²) < 4.78 is 4.79. The number of piperazine rings is 1. The van der Waals surface area contributed by atoms with E-state index in [0.717, 1.165) is 36.9 Å². The van der Waals surface area contributed by atoms with Crippen LogP contribution in [0.3, 0.4) is 0 Å². The quantitative estimate of drug-likeness (QED) is 0.590. The van der Waals surface area contributed by atoms with E-state index in [1.165, 1.54) is 7.11 Å². The van der Waals surface area contributed by atoms with Crippen LogP contribution in [0.2, 0.25) is 5.02 Å². The second kappa shape index (κ2) is 8.44. The number of anilines is 1. The number of carbonyl (C=O) groups excluding carboxylic acids is 2. The molecule has 3 atom stereocenters. The van der Waals surface area contributed by atoms with Gasteiger partial charge in [0.1, 0.15) is 6.04 Å². The number of esters is 1. The summed E-state index contributed by atoms with van der Waals surface area (Å²) in [7, 11) is 1.32. The number of aryl methyl sites for hydroxylation is 1. The van der Waals surface area contributed by atoms with E-state index in [1.807, 2.05) is 24.0 Å². The van der Waals surface area contributed by atoms with Crippen molar-refractivity contribution < 1.29 is 14.3 Å². The second-order valence-corrected chi connectivity index (χ2v) is 7.86. The first-order valence-electron chi connectivity index (χ1n) is 9.13. The Labute approximate surface area is 169 Å². The Hall–Kier alpha value is -1.86. The maximum Gasteiger partial charge on any atom is 0.308 e. The lowest BCUT2D eigenvalue weighted by atomic mass is 9.85. The number of hydrogen-bond acceptors (Lipinski definition) is 4. The number of nitrogens with one attached hydrogen (secondary N) is 2. The van der Waals surface area contributed by atoms with Gasteiger partial charge in [-0.2, -0.15) is 0 Å². The van der Waals surface area contributed by atoms with Gasteiger partial charge in [0.05, 0.1) is 19.6 Å². The molecule has 2 aliphatic rings. The van der Waals surface area contributed by atoms with Gasteiger partial charge in [0.15, 0.2) is 5.11 Å². The molecule has 0 spiro atoms. The molecule has 6 nitrogen and oxygen atoms in total. The fourth-order valence-electron chi connectivity index (χ4n) is 3.83. The van der Waals surface area contributed by atoms with Crippen LogP contribution in [0.15, 0.2) is 18.2 Å². The predicted molar refractivity (Wildman–Crippen MR) is 109 cm³/mol. The molecule has 1 saturated carbocycles.